The van der Waals surface area contributed by atoms with Crippen molar-refractivity contribution in [2.75, 3.05) is 26.0 Å². The van der Waals surface area contributed by atoms with Crippen molar-refractivity contribution in [1.29, 1.82) is 0 Å². The van der Waals surface area contributed by atoms with E-state index in [1.165, 1.54) is 0 Å². The van der Waals surface area contributed by atoms with Crippen molar-refractivity contribution in [3.63, 3.8) is 0 Å². The first-order chi connectivity index (χ1) is 7.90. The maximum absolute atomic E-state index is 11.1. The number of rotatable bonds is 5. The van der Waals surface area contributed by atoms with Crippen LogP contribution in [0.5, 0.6) is 0 Å². The topological polar surface area (TPSA) is 52.6 Å². The number of nitrogens with one attached hydrogen (secondary N) is 1. The van der Waals surface area contributed by atoms with Gasteiger partial charge in [-0.1, -0.05) is 15.9 Å². The van der Waals surface area contributed by atoms with E-state index in [4.69, 9.17) is 5.11 Å². The zero-order chi connectivity index (χ0) is 13.0. The largest absolute Gasteiger partial charge is 0.478 e. The van der Waals surface area contributed by atoms with Crippen LogP contribution in [0.2, 0.25) is 0 Å². The molecule has 1 aromatic carbocycles. The highest BCUT2D eigenvalue weighted by atomic mass is 79.9. The number of halogens is 1. The van der Waals surface area contributed by atoms with Crippen molar-refractivity contribution in [3.8, 4) is 0 Å². The van der Waals surface area contributed by atoms with Gasteiger partial charge in [-0.3, -0.25) is 0 Å². The van der Waals surface area contributed by atoms with Gasteiger partial charge < -0.3 is 15.3 Å². The summed E-state index contributed by atoms with van der Waals surface area (Å²) in [5.74, 6) is -0.919. The van der Waals surface area contributed by atoms with Gasteiger partial charge >= 0.3 is 5.97 Å². The highest BCUT2D eigenvalue weighted by Gasteiger charge is 2.12. The highest BCUT2D eigenvalue weighted by Crippen LogP contribution is 2.22. The molecule has 94 valence electrons. The monoisotopic (exact) mass is 300 g/mol. The fourth-order valence-corrected chi connectivity index (χ4v) is 2.04. The molecule has 1 aromatic rings. The van der Waals surface area contributed by atoms with E-state index in [0.717, 1.165) is 11.0 Å². The van der Waals surface area contributed by atoms with Gasteiger partial charge in [0.1, 0.15) is 0 Å². The molecule has 0 aliphatic heterocycles. The molecule has 17 heavy (non-hydrogen) atoms. The quantitative estimate of drug-likeness (QED) is 0.877. The Kier molecular flexibility index (Phi) is 4.96. The predicted molar refractivity (Wildman–Crippen MR) is 72.7 cm³/mol. The molecular weight excluding hydrogens is 284 g/mol. The van der Waals surface area contributed by atoms with E-state index in [2.05, 4.69) is 26.1 Å². The lowest BCUT2D eigenvalue weighted by Crippen LogP contribution is -2.30. The van der Waals surface area contributed by atoms with Gasteiger partial charge in [-0.15, -0.1) is 0 Å². The number of carboxylic acids is 1. The van der Waals surface area contributed by atoms with Gasteiger partial charge in [-0.25, -0.2) is 4.79 Å². The number of anilines is 1. The summed E-state index contributed by atoms with van der Waals surface area (Å²) >= 11 is 3.34. The van der Waals surface area contributed by atoms with E-state index in [9.17, 15) is 4.79 Å². The second-order valence-corrected chi connectivity index (χ2v) is 5.22. The maximum atomic E-state index is 11.1. The molecule has 0 heterocycles. The first-order valence-electron chi connectivity index (χ1n) is 5.34. The fourth-order valence-electron chi connectivity index (χ4n) is 1.68. The summed E-state index contributed by atoms with van der Waals surface area (Å²) in [5, 5.41) is 12.3. The first-order valence-corrected chi connectivity index (χ1v) is 6.13. The number of hydrogen-bond acceptors (Lipinski definition) is 3. The third-order valence-corrected chi connectivity index (χ3v) is 2.75. The molecule has 1 unspecified atom stereocenters. The lowest BCUT2D eigenvalue weighted by molar-refractivity contribution is 0.0698. The molecule has 1 rings (SSSR count). The third-order valence-electron chi connectivity index (χ3n) is 2.25. The first kappa shape index (κ1) is 14.0. The van der Waals surface area contributed by atoms with Gasteiger partial charge in [0, 0.05) is 17.1 Å². The van der Waals surface area contributed by atoms with Crippen LogP contribution in [-0.2, 0) is 0 Å². The van der Waals surface area contributed by atoms with E-state index in [1.807, 2.05) is 21.0 Å². The van der Waals surface area contributed by atoms with Crippen molar-refractivity contribution in [2.24, 2.45) is 0 Å². The second kappa shape index (κ2) is 6.02. The molecule has 0 fully saturated rings. The van der Waals surface area contributed by atoms with E-state index >= 15 is 0 Å². The molecule has 5 heteroatoms. The molecule has 0 saturated carbocycles. The van der Waals surface area contributed by atoms with Crippen molar-refractivity contribution in [3.05, 3.63) is 28.2 Å². The summed E-state index contributed by atoms with van der Waals surface area (Å²) in [6, 6.07) is 5.29. The van der Waals surface area contributed by atoms with Crippen molar-refractivity contribution >= 4 is 27.6 Å². The zero-order valence-corrected chi connectivity index (χ0v) is 11.8. The second-order valence-electron chi connectivity index (χ2n) is 4.30. The Morgan fingerprint density at radius 3 is 2.71 bits per heavy atom. The number of aromatic carboxylic acids is 1. The minimum Gasteiger partial charge on any atom is -0.478 e. The standard InChI is InChI=1S/C12H17BrN2O2/c1-8(7-15(2)3)14-11-6-9(13)4-5-10(11)12(16)17/h4-6,8,14H,7H2,1-3H3,(H,16,17). The van der Waals surface area contributed by atoms with E-state index in [0.29, 0.717) is 11.3 Å². The lowest BCUT2D eigenvalue weighted by atomic mass is 10.1. The lowest BCUT2D eigenvalue weighted by Gasteiger charge is -2.20. The maximum Gasteiger partial charge on any atom is 0.337 e. The Balaban J connectivity index is 2.88. The Hall–Kier alpha value is -1.07. The Labute approximate surface area is 110 Å². The third kappa shape index (κ3) is 4.36. The molecule has 0 saturated heterocycles. The molecular formula is C12H17BrN2O2. The summed E-state index contributed by atoms with van der Waals surface area (Å²) in [7, 11) is 3.97. The van der Waals surface area contributed by atoms with Gasteiger partial charge in [-0.2, -0.15) is 0 Å². The van der Waals surface area contributed by atoms with Crippen LogP contribution in [0, 0.1) is 0 Å². The van der Waals surface area contributed by atoms with Crippen LogP contribution in [-0.4, -0.2) is 42.7 Å². The van der Waals surface area contributed by atoms with E-state index in [-0.39, 0.29) is 6.04 Å². The molecule has 0 spiro atoms. The molecule has 2 N–H and O–H groups in total. The van der Waals surface area contributed by atoms with Gasteiger partial charge in [0.2, 0.25) is 0 Å². The van der Waals surface area contributed by atoms with Crippen LogP contribution >= 0.6 is 15.9 Å². The number of benzene rings is 1. The summed E-state index contributed by atoms with van der Waals surface area (Å²) in [6.45, 7) is 2.86. The highest BCUT2D eigenvalue weighted by molar-refractivity contribution is 9.10. The summed E-state index contributed by atoms with van der Waals surface area (Å²) < 4.78 is 0.863. The molecule has 0 bridgehead atoms. The molecule has 0 aliphatic carbocycles. The van der Waals surface area contributed by atoms with Crippen LogP contribution in [0.4, 0.5) is 5.69 Å². The number of nitrogens with zero attached hydrogens (tertiary/aromatic N) is 1. The predicted octanol–water partition coefficient (Wildman–Crippen LogP) is 2.51. The minimum absolute atomic E-state index is 0.178. The van der Waals surface area contributed by atoms with Crippen LogP contribution in [0.3, 0.4) is 0 Å². The van der Waals surface area contributed by atoms with Crippen molar-refractivity contribution in [1.82, 2.24) is 4.90 Å². The van der Waals surface area contributed by atoms with Crippen molar-refractivity contribution < 1.29 is 9.90 Å². The average Bonchev–Trinajstić information content (AvgIpc) is 2.15. The molecule has 0 radical (unpaired) electrons. The van der Waals surface area contributed by atoms with E-state index < -0.39 is 5.97 Å². The van der Waals surface area contributed by atoms with Crippen LogP contribution in [0.15, 0.2) is 22.7 Å². The summed E-state index contributed by atoms with van der Waals surface area (Å²) in [4.78, 5) is 13.1. The van der Waals surface area contributed by atoms with Gasteiger partial charge in [-0.05, 0) is 39.2 Å². The van der Waals surface area contributed by atoms with E-state index in [1.54, 1.807) is 18.2 Å². The Bertz CT molecular complexity index is 407. The van der Waals surface area contributed by atoms with Crippen LogP contribution in [0.1, 0.15) is 17.3 Å². The van der Waals surface area contributed by atoms with Crippen LogP contribution < -0.4 is 5.32 Å². The molecule has 4 nitrogen and oxygen atoms in total. The van der Waals surface area contributed by atoms with Gasteiger partial charge in [0.15, 0.2) is 0 Å². The Morgan fingerprint density at radius 1 is 1.53 bits per heavy atom. The molecule has 0 aromatic heterocycles. The Morgan fingerprint density at radius 2 is 2.18 bits per heavy atom. The summed E-state index contributed by atoms with van der Waals surface area (Å²) in [5.41, 5.74) is 0.931. The smallest absolute Gasteiger partial charge is 0.337 e. The zero-order valence-electron chi connectivity index (χ0n) is 10.2. The van der Waals surface area contributed by atoms with Crippen LogP contribution in [0.25, 0.3) is 0 Å². The molecule has 1 atom stereocenters. The average molecular weight is 301 g/mol. The normalized spacial score (nSPS) is 12.5. The van der Waals surface area contributed by atoms with Crippen molar-refractivity contribution in [2.45, 2.75) is 13.0 Å². The van der Waals surface area contributed by atoms with Gasteiger partial charge in [0.25, 0.3) is 0 Å². The molecule has 0 amide bonds. The number of carbonyl (C=O) groups is 1. The minimum atomic E-state index is -0.919. The molecule has 0 aliphatic rings. The SMILES string of the molecule is CC(CN(C)C)Nc1cc(Br)ccc1C(=O)O. The number of carboxylic acid groups (broad SMARTS) is 1. The van der Waals surface area contributed by atoms with Gasteiger partial charge in [0.05, 0.1) is 11.3 Å². The number of likely N-dealkylation sites (N-methyl/N-ethyl adjacent to an activating group) is 1. The fraction of sp³-hybridized carbons (Fsp3) is 0.417. The number of hydrogen-bond donors (Lipinski definition) is 2. The summed E-state index contributed by atoms with van der Waals surface area (Å²) in [6.07, 6.45) is 0.